The molecule has 21 heavy (non-hydrogen) atoms. The fourth-order valence-electron chi connectivity index (χ4n) is 2.08. The SMILES string of the molecule is CCCC(N)c1cn(Cc2csc(-c3ccsc3)n2)nn1. The topological polar surface area (TPSA) is 69.6 Å². The highest BCUT2D eigenvalue weighted by Gasteiger charge is 2.11. The van der Waals surface area contributed by atoms with Crippen molar-refractivity contribution < 1.29 is 0 Å². The van der Waals surface area contributed by atoms with Crippen LogP contribution in [0.3, 0.4) is 0 Å². The number of hydrogen-bond donors (Lipinski definition) is 1. The Morgan fingerprint density at radius 2 is 2.29 bits per heavy atom. The lowest BCUT2D eigenvalue weighted by atomic mass is 10.1. The number of aromatic nitrogens is 4. The molecule has 0 spiro atoms. The summed E-state index contributed by atoms with van der Waals surface area (Å²) >= 11 is 3.34. The summed E-state index contributed by atoms with van der Waals surface area (Å²) in [6.45, 7) is 2.75. The molecule has 0 aliphatic carbocycles. The van der Waals surface area contributed by atoms with Crippen molar-refractivity contribution in [3.63, 3.8) is 0 Å². The van der Waals surface area contributed by atoms with Gasteiger partial charge in [-0.25, -0.2) is 9.67 Å². The summed E-state index contributed by atoms with van der Waals surface area (Å²) in [5.74, 6) is 0. The zero-order valence-corrected chi connectivity index (χ0v) is 13.4. The molecule has 5 nitrogen and oxygen atoms in total. The molecule has 0 amide bonds. The third-order valence-corrected chi connectivity index (χ3v) is 4.80. The molecule has 3 aromatic rings. The van der Waals surface area contributed by atoms with Gasteiger partial charge in [-0.05, 0) is 17.9 Å². The Kier molecular flexibility index (Phi) is 4.42. The fraction of sp³-hybridized carbons (Fsp3) is 0.357. The summed E-state index contributed by atoms with van der Waals surface area (Å²) in [6.07, 6.45) is 3.89. The van der Waals surface area contributed by atoms with E-state index in [1.165, 1.54) is 5.56 Å². The Morgan fingerprint density at radius 3 is 3.05 bits per heavy atom. The van der Waals surface area contributed by atoms with Crippen molar-refractivity contribution in [2.75, 3.05) is 0 Å². The van der Waals surface area contributed by atoms with Crippen LogP contribution in [0.25, 0.3) is 10.6 Å². The van der Waals surface area contributed by atoms with Crippen molar-refractivity contribution in [2.24, 2.45) is 5.73 Å². The van der Waals surface area contributed by atoms with Crippen LogP contribution in [0.2, 0.25) is 0 Å². The highest BCUT2D eigenvalue weighted by atomic mass is 32.1. The van der Waals surface area contributed by atoms with E-state index in [2.05, 4.69) is 44.4 Å². The van der Waals surface area contributed by atoms with E-state index in [1.807, 2.05) is 6.20 Å². The van der Waals surface area contributed by atoms with Crippen LogP contribution >= 0.6 is 22.7 Å². The van der Waals surface area contributed by atoms with E-state index in [1.54, 1.807) is 27.4 Å². The van der Waals surface area contributed by atoms with Gasteiger partial charge < -0.3 is 5.73 Å². The summed E-state index contributed by atoms with van der Waals surface area (Å²) in [5.41, 5.74) is 9.09. The smallest absolute Gasteiger partial charge is 0.124 e. The Bertz CT molecular complexity index is 686. The van der Waals surface area contributed by atoms with Crippen molar-refractivity contribution >= 4 is 22.7 Å². The van der Waals surface area contributed by atoms with Gasteiger partial charge in [-0.2, -0.15) is 11.3 Å². The average Bonchev–Trinajstić information content (AvgIpc) is 3.20. The molecule has 3 rings (SSSR count). The Morgan fingerprint density at radius 1 is 1.38 bits per heavy atom. The van der Waals surface area contributed by atoms with Crippen molar-refractivity contribution in [3.8, 4) is 10.6 Å². The van der Waals surface area contributed by atoms with E-state index in [9.17, 15) is 0 Å². The van der Waals surface area contributed by atoms with E-state index in [4.69, 9.17) is 5.73 Å². The van der Waals surface area contributed by atoms with Crippen LogP contribution in [-0.4, -0.2) is 20.0 Å². The van der Waals surface area contributed by atoms with Gasteiger partial charge in [-0.3, -0.25) is 0 Å². The predicted molar refractivity (Wildman–Crippen MR) is 86.4 cm³/mol. The first-order chi connectivity index (χ1) is 10.3. The number of nitrogens with zero attached hydrogens (tertiary/aromatic N) is 4. The summed E-state index contributed by atoms with van der Waals surface area (Å²) in [7, 11) is 0. The second-order valence-electron chi connectivity index (χ2n) is 4.89. The normalized spacial score (nSPS) is 12.7. The molecule has 1 atom stereocenters. The molecule has 0 aliphatic rings. The summed E-state index contributed by atoms with van der Waals surface area (Å²) in [5, 5.41) is 15.6. The van der Waals surface area contributed by atoms with Gasteiger partial charge in [0, 0.05) is 16.3 Å². The molecule has 7 heteroatoms. The zero-order valence-electron chi connectivity index (χ0n) is 11.8. The minimum absolute atomic E-state index is 0.0273. The molecule has 0 saturated heterocycles. The van der Waals surface area contributed by atoms with Gasteiger partial charge in [0.05, 0.1) is 30.2 Å². The maximum Gasteiger partial charge on any atom is 0.124 e. The van der Waals surface area contributed by atoms with E-state index in [-0.39, 0.29) is 6.04 Å². The van der Waals surface area contributed by atoms with Gasteiger partial charge in [-0.1, -0.05) is 18.6 Å². The predicted octanol–water partition coefficient (Wildman–Crippen LogP) is 3.31. The fourth-order valence-corrected chi connectivity index (χ4v) is 3.61. The number of hydrogen-bond acceptors (Lipinski definition) is 6. The molecule has 3 heterocycles. The minimum atomic E-state index is -0.0273. The first kappa shape index (κ1) is 14.4. The quantitative estimate of drug-likeness (QED) is 0.757. The summed E-state index contributed by atoms with van der Waals surface area (Å²) in [6, 6.07) is 2.06. The lowest BCUT2D eigenvalue weighted by Crippen LogP contribution is -2.10. The van der Waals surface area contributed by atoms with Crippen LogP contribution in [0, 0.1) is 0 Å². The van der Waals surface area contributed by atoms with E-state index < -0.39 is 0 Å². The Labute approximate surface area is 131 Å². The van der Waals surface area contributed by atoms with Crippen LogP contribution in [0.15, 0.2) is 28.4 Å². The Balaban J connectivity index is 1.70. The molecule has 3 aromatic heterocycles. The molecule has 0 fully saturated rings. The Hall–Kier alpha value is -1.57. The van der Waals surface area contributed by atoms with Crippen molar-refractivity contribution in [1.29, 1.82) is 0 Å². The first-order valence-electron chi connectivity index (χ1n) is 6.89. The van der Waals surface area contributed by atoms with Gasteiger partial charge in [-0.15, -0.1) is 16.4 Å². The summed E-state index contributed by atoms with van der Waals surface area (Å²) < 4.78 is 1.80. The third-order valence-electron chi connectivity index (χ3n) is 3.18. The van der Waals surface area contributed by atoms with E-state index in [0.717, 1.165) is 29.2 Å². The lowest BCUT2D eigenvalue weighted by molar-refractivity contribution is 0.616. The number of nitrogens with two attached hydrogens (primary N) is 1. The van der Waals surface area contributed by atoms with Gasteiger partial charge in [0.15, 0.2) is 0 Å². The van der Waals surface area contributed by atoms with Gasteiger partial charge >= 0.3 is 0 Å². The first-order valence-corrected chi connectivity index (χ1v) is 8.71. The van der Waals surface area contributed by atoms with Crippen LogP contribution < -0.4 is 5.73 Å². The van der Waals surface area contributed by atoms with Crippen molar-refractivity contribution in [1.82, 2.24) is 20.0 Å². The van der Waals surface area contributed by atoms with Gasteiger partial charge in [0.1, 0.15) is 5.01 Å². The minimum Gasteiger partial charge on any atom is -0.323 e. The molecule has 0 bridgehead atoms. The molecule has 0 aliphatic heterocycles. The van der Waals surface area contributed by atoms with Crippen molar-refractivity contribution in [2.45, 2.75) is 32.4 Å². The van der Waals surface area contributed by atoms with E-state index in [0.29, 0.717) is 6.54 Å². The maximum atomic E-state index is 6.05. The van der Waals surface area contributed by atoms with Crippen LogP contribution in [-0.2, 0) is 6.54 Å². The van der Waals surface area contributed by atoms with Gasteiger partial charge in [0.2, 0.25) is 0 Å². The van der Waals surface area contributed by atoms with Crippen molar-refractivity contribution in [3.05, 3.63) is 39.8 Å². The maximum absolute atomic E-state index is 6.05. The van der Waals surface area contributed by atoms with Crippen LogP contribution in [0.4, 0.5) is 0 Å². The standard InChI is InChI=1S/C14H17N5S2/c1-2-3-12(15)13-7-19(18-17-13)6-11-9-21-14(16-11)10-4-5-20-8-10/h4-5,7-9,12H,2-3,6,15H2,1H3. The lowest BCUT2D eigenvalue weighted by Gasteiger charge is -2.04. The summed E-state index contributed by atoms with van der Waals surface area (Å²) in [4.78, 5) is 4.64. The second-order valence-corrected chi connectivity index (χ2v) is 6.53. The number of rotatable bonds is 6. The monoisotopic (exact) mass is 319 g/mol. The molecular formula is C14H17N5S2. The van der Waals surface area contributed by atoms with Gasteiger partial charge in [0.25, 0.3) is 0 Å². The largest absolute Gasteiger partial charge is 0.323 e. The molecule has 0 aromatic carbocycles. The molecule has 1 unspecified atom stereocenters. The van der Waals surface area contributed by atoms with Crippen LogP contribution in [0.1, 0.15) is 37.2 Å². The highest BCUT2D eigenvalue weighted by Crippen LogP contribution is 2.26. The third kappa shape index (κ3) is 3.37. The van der Waals surface area contributed by atoms with Crippen LogP contribution in [0.5, 0.6) is 0 Å². The highest BCUT2D eigenvalue weighted by molar-refractivity contribution is 7.14. The molecule has 0 saturated carbocycles. The molecule has 2 N–H and O–H groups in total. The second kappa shape index (κ2) is 6.46. The molecule has 0 radical (unpaired) electrons. The number of thiophene rings is 1. The molecular weight excluding hydrogens is 302 g/mol. The van der Waals surface area contributed by atoms with E-state index >= 15 is 0 Å². The zero-order chi connectivity index (χ0) is 14.7. The number of thiazole rings is 1. The average molecular weight is 319 g/mol. The molecule has 110 valence electrons.